The molecule has 1 saturated heterocycles. The van der Waals surface area contributed by atoms with Crippen molar-refractivity contribution in [2.75, 3.05) is 18.0 Å². The number of ether oxygens (including phenoxy) is 1. The smallest absolute Gasteiger partial charge is 0.127 e. The summed E-state index contributed by atoms with van der Waals surface area (Å²) in [6, 6.07) is 30.2. The van der Waals surface area contributed by atoms with E-state index >= 15 is 0 Å². The van der Waals surface area contributed by atoms with Gasteiger partial charge in [0, 0.05) is 18.8 Å². The van der Waals surface area contributed by atoms with Crippen molar-refractivity contribution in [1.29, 1.82) is 0 Å². The van der Waals surface area contributed by atoms with Gasteiger partial charge in [0.05, 0.1) is 0 Å². The number of hydrogen-bond acceptors (Lipinski definition) is 2. The number of benzene rings is 3. The maximum atomic E-state index is 5.58. The van der Waals surface area contributed by atoms with Crippen molar-refractivity contribution >= 4 is 5.69 Å². The Labute approximate surface area is 150 Å². The Hall–Kier alpha value is -2.74. The summed E-state index contributed by atoms with van der Waals surface area (Å²) in [5.74, 6) is 1.74. The van der Waals surface area contributed by atoms with Crippen LogP contribution in [0.2, 0.25) is 0 Å². The van der Waals surface area contributed by atoms with Gasteiger partial charge in [-0.2, -0.15) is 0 Å². The summed E-state index contributed by atoms with van der Waals surface area (Å²) in [5.41, 5.74) is 1.39. The van der Waals surface area contributed by atoms with Crippen LogP contribution < -0.4 is 9.64 Å². The normalized spacial score (nSPS) is 13.5. The molecule has 0 unspecified atom stereocenters. The minimum Gasteiger partial charge on any atom is -0.457 e. The van der Waals surface area contributed by atoms with Gasteiger partial charge in [0.15, 0.2) is 0 Å². The molecule has 3 aromatic carbocycles. The van der Waals surface area contributed by atoms with Crippen LogP contribution in [0.3, 0.4) is 0 Å². The SMILES string of the molecule is c1ccc(N2CCCCC2)cc1.c1ccc(Oc2ccccc2)cc1. The summed E-state index contributed by atoms with van der Waals surface area (Å²) in [7, 11) is 0. The molecule has 0 atom stereocenters. The van der Waals surface area contributed by atoms with E-state index in [1.54, 1.807) is 0 Å². The highest BCUT2D eigenvalue weighted by Crippen LogP contribution is 2.20. The molecule has 2 heteroatoms. The summed E-state index contributed by atoms with van der Waals surface area (Å²) in [6.07, 6.45) is 4.12. The number of anilines is 1. The molecule has 1 aliphatic rings. The average Bonchev–Trinajstić information content (AvgIpc) is 2.71. The third kappa shape index (κ3) is 5.68. The zero-order chi connectivity index (χ0) is 17.2. The number of rotatable bonds is 3. The predicted octanol–water partition coefficient (Wildman–Crippen LogP) is 6.16. The first-order valence-electron chi connectivity index (χ1n) is 9.00. The van der Waals surface area contributed by atoms with Gasteiger partial charge in [-0.25, -0.2) is 0 Å². The highest BCUT2D eigenvalue weighted by atomic mass is 16.5. The second kappa shape index (κ2) is 9.53. The van der Waals surface area contributed by atoms with Crippen LogP contribution in [0.4, 0.5) is 5.69 Å². The van der Waals surface area contributed by atoms with Crippen LogP contribution in [0.5, 0.6) is 11.5 Å². The van der Waals surface area contributed by atoms with Gasteiger partial charge >= 0.3 is 0 Å². The number of para-hydroxylation sites is 3. The topological polar surface area (TPSA) is 12.5 Å². The Morgan fingerprint density at radius 3 is 1.44 bits per heavy atom. The molecular weight excluding hydrogens is 306 g/mol. The van der Waals surface area contributed by atoms with Gasteiger partial charge in [0.1, 0.15) is 11.5 Å². The van der Waals surface area contributed by atoms with Crippen molar-refractivity contribution in [2.45, 2.75) is 19.3 Å². The zero-order valence-electron chi connectivity index (χ0n) is 14.6. The van der Waals surface area contributed by atoms with Gasteiger partial charge in [-0.15, -0.1) is 0 Å². The molecule has 2 nitrogen and oxygen atoms in total. The molecule has 0 amide bonds. The second-order valence-electron chi connectivity index (χ2n) is 6.11. The van der Waals surface area contributed by atoms with Gasteiger partial charge in [-0.05, 0) is 55.7 Å². The van der Waals surface area contributed by atoms with E-state index in [4.69, 9.17) is 4.74 Å². The molecule has 25 heavy (non-hydrogen) atoms. The summed E-state index contributed by atoms with van der Waals surface area (Å²) < 4.78 is 5.58. The lowest BCUT2D eigenvalue weighted by atomic mass is 10.1. The molecule has 0 aromatic heterocycles. The molecule has 3 aromatic rings. The van der Waals surface area contributed by atoms with Gasteiger partial charge in [-0.3, -0.25) is 0 Å². The molecule has 128 valence electrons. The Morgan fingerprint density at radius 2 is 0.960 bits per heavy atom. The van der Waals surface area contributed by atoms with E-state index in [0.717, 1.165) is 11.5 Å². The number of nitrogens with zero attached hydrogens (tertiary/aromatic N) is 1. The van der Waals surface area contributed by atoms with Crippen LogP contribution in [0.25, 0.3) is 0 Å². The molecule has 1 heterocycles. The summed E-state index contributed by atoms with van der Waals surface area (Å²) >= 11 is 0. The first-order valence-corrected chi connectivity index (χ1v) is 9.00. The minimum absolute atomic E-state index is 0.869. The second-order valence-corrected chi connectivity index (χ2v) is 6.11. The standard InChI is InChI=1S/C12H10O.C11H15N/c1-3-7-11(8-4-1)13-12-9-5-2-6-10-12;1-3-7-11(8-4-1)12-9-5-2-6-10-12/h1-10H;1,3-4,7-8H,2,5-6,9-10H2. The van der Waals surface area contributed by atoms with E-state index in [9.17, 15) is 0 Å². The Bertz CT molecular complexity index is 669. The fourth-order valence-electron chi connectivity index (χ4n) is 2.90. The molecule has 1 fully saturated rings. The minimum atomic E-state index is 0.869. The molecule has 1 aliphatic heterocycles. The predicted molar refractivity (Wildman–Crippen MR) is 105 cm³/mol. The first kappa shape index (κ1) is 17.1. The quantitative estimate of drug-likeness (QED) is 0.570. The fraction of sp³-hybridized carbons (Fsp3) is 0.217. The maximum absolute atomic E-state index is 5.58. The third-order valence-corrected chi connectivity index (χ3v) is 4.20. The van der Waals surface area contributed by atoms with E-state index in [-0.39, 0.29) is 0 Å². The summed E-state index contributed by atoms with van der Waals surface area (Å²) in [6.45, 7) is 2.48. The Kier molecular flexibility index (Phi) is 6.52. The Balaban J connectivity index is 0.000000146. The number of hydrogen-bond donors (Lipinski definition) is 0. The van der Waals surface area contributed by atoms with Crippen molar-refractivity contribution in [3.8, 4) is 11.5 Å². The van der Waals surface area contributed by atoms with Gasteiger partial charge in [-0.1, -0.05) is 54.6 Å². The lowest BCUT2D eigenvalue weighted by Gasteiger charge is -2.28. The van der Waals surface area contributed by atoms with Crippen molar-refractivity contribution < 1.29 is 4.74 Å². The molecule has 0 spiro atoms. The summed E-state index contributed by atoms with van der Waals surface area (Å²) in [5, 5.41) is 0. The average molecular weight is 331 g/mol. The highest BCUT2D eigenvalue weighted by Gasteiger charge is 2.09. The van der Waals surface area contributed by atoms with E-state index in [1.807, 2.05) is 60.7 Å². The van der Waals surface area contributed by atoms with Gasteiger partial charge < -0.3 is 9.64 Å². The lowest BCUT2D eigenvalue weighted by Crippen LogP contribution is -2.29. The lowest BCUT2D eigenvalue weighted by molar-refractivity contribution is 0.482. The van der Waals surface area contributed by atoms with Crippen molar-refractivity contribution in [2.24, 2.45) is 0 Å². The molecule has 0 N–H and O–H groups in total. The van der Waals surface area contributed by atoms with E-state index in [2.05, 4.69) is 35.2 Å². The summed E-state index contributed by atoms with van der Waals surface area (Å²) in [4.78, 5) is 2.48. The molecule has 0 aliphatic carbocycles. The molecule has 0 saturated carbocycles. The monoisotopic (exact) mass is 331 g/mol. The molecule has 4 rings (SSSR count). The zero-order valence-corrected chi connectivity index (χ0v) is 14.6. The number of piperidine rings is 1. The molecule has 0 bridgehead atoms. The fourth-order valence-corrected chi connectivity index (χ4v) is 2.90. The highest BCUT2D eigenvalue weighted by molar-refractivity contribution is 5.46. The van der Waals surface area contributed by atoms with Crippen molar-refractivity contribution in [3.63, 3.8) is 0 Å². The van der Waals surface area contributed by atoms with Crippen molar-refractivity contribution in [1.82, 2.24) is 0 Å². The largest absolute Gasteiger partial charge is 0.457 e. The van der Waals surface area contributed by atoms with Gasteiger partial charge in [0.25, 0.3) is 0 Å². The molecule has 0 radical (unpaired) electrons. The third-order valence-electron chi connectivity index (χ3n) is 4.20. The van der Waals surface area contributed by atoms with E-state index in [0.29, 0.717) is 0 Å². The van der Waals surface area contributed by atoms with Crippen LogP contribution in [-0.2, 0) is 0 Å². The Morgan fingerprint density at radius 1 is 0.520 bits per heavy atom. The van der Waals surface area contributed by atoms with E-state index in [1.165, 1.54) is 38.0 Å². The van der Waals surface area contributed by atoms with Gasteiger partial charge in [0.2, 0.25) is 0 Å². The van der Waals surface area contributed by atoms with Crippen LogP contribution >= 0.6 is 0 Å². The van der Waals surface area contributed by atoms with Crippen LogP contribution in [0.15, 0.2) is 91.0 Å². The van der Waals surface area contributed by atoms with Crippen LogP contribution in [0.1, 0.15) is 19.3 Å². The maximum Gasteiger partial charge on any atom is 0.127 e. The van der Waals surface area contributed by atoms with Crippen LogP contribution in [0, 0.1) is 0 Å². The first-order chi connectivity index (χ1) is 12.4. The van der Waals surface area contributed by atoms with Crippen molar-refractivity contribution in [3.05, 3.63) is 91.0 Å². The van der Waals surface area contributed by atoms with Crippen LogP contribution in [-0.4, -0.2) is 13.1 Å². The van der Waals surface area contributed by atoms with E-state index < -0.39 is 0 Å². The molecular formula is C23H25NO.